The third-order valence-electron chi connectivity index (χ3n) is 1.99. The Morgan fingerprint density at radius 2 is 2.06 bits per heavy atom. The molecule has 0 atom stereocenters. The molecule has 5 nitrogen and oxygen atoms in total. The van der Waals surface area contributed by atoms with E-state index in [1.165, 1.54) is 0 Å². The molecule has 0 unspecified atom stereocenters. The lowest BCUT2D eigenvalue weighted by Gasteiger charge is -2.19. The number of carbonyl (C=O) groups is 1. The van der Waals surface area contributed by atoms with Crippen molar-refractivity contribution in [2.75, 3.05) is 0 Å². The van der Waals surface area contributed by atoms with Crippen molar-refractivity contribution in [3.8, 4) is 0 Å². The summed E-state index contributed by atoms with van der Waals surface area (Å²) < 4.78 is 18.1. The molecule has 18 heavy (non-hydrogen) atoms. The van der Waals surface area contributed by atoms with E-state index in [0.29, 0.717) is 0 Å². The van der Waals surface area contributed by atoms with E-state index in [-0.39, 0.29) is 17.7 Å². The highest BCUT2D eigenvalue weighted by Crippen LogP contribution is 2.21. The maximum absolute atomic E-state index is 13.0. The summed E-state index contributed by atoms with van der Waals surface area (Å²) in [5.41, 5.74) is -0.962. The van der Waals surface area contributed by atoms with Crippen molar-refractivity contribution >= 4 is 11.7 Å². The van der Waals surface area contributed by atoms with E-state index in [4.69, 9.17) is 4.74 Å². The SMILES string of the molecule is CC(C)(C)OC(=O)Cc1cc(F)ccc1[N+](=O)[O-]. The Kier molecular flexibility index (Phi) is 4.00. The minimum Gasteiger partial charge on any atom is -0.460 e. The van der Waals surface area contributed by atoms with E-state index >= 15 is 0 Å². The molecule has 0 saturated carbocycles. The number of hydrogen-bond acceptors (Lipinski definition) is 4. The van der Waals surface area contributed by atoms with Crippen LogP contribution < -0.4 is 0 Å². The first-order valence-corrected chi connectivity index (χ1v) is 5.34. The third-order valence-corrected chi connectivity index (χ3v) is 1.99. The largest absolute Gasteiger partial charge is 0.460 e. The minimum absolute atomic E-state index is 0.00856. The van der Waals surface area contributed by atoms with Gasteiger partial charge >= 0.3 is 5.97 Å². The molecule has 0 fully saturated rings. The van der Waals surface area contributed by atoms with E-state index in [9.17, 15) is 19.3 Å². The van der Waals surface area contributed by atoms with E-state index in [0.717, 1.165) is 18.2 Å². The van der Waals surface area contributed by atoms with Crippen LogP contribution in [0.4, 0.5) is 10.1 Å². The zero-order valence-electron chi connectivity index (χ0n) is 10.4. The maximum Gasteiger partial charge on any atom is 0.311 e. The molecular weight excluding hydrogens is 241 g/mol. The second kappa shape index (κ2) is 5.12. The van der Waals surface area contributed by atoms with Crippen molar-refractivity contribution < 1.29 is 18.8 Å². The molecule has 1 aromatic carbocycles. The molecule has 0 aliphatic rings. The van der Waals surface area contributed by atoms with E-state index < -0.39 is 22.3 Å². The minimum atomic E-state index is -0.681. The van der Waals surface area contributed by atoms with Crippen molar-refractivity contribution in [2.45, 2.75) is 32.8 Å². The van der Waals surface area contributed by atoms with Crippen LogP contribution in [0, 0.1) is 15.9 Å². The first kappa shape index (κ1) is 14.1. The Morgan fingerprint density at radius 1 is 1.44 bits per heavy atom. The van der Waals surface area contributed by atoms with Crippen LogP contribution in [-0.4, -0.2) is 16.5 Å². The lowest BCUT2D eigenvalue weighted by Crippen LogP contribution is -2.25. The van der Waals surface area contributed by atoms with Gasteiger partial charge in [0.05, 0.1) is 11.3 Å². The van der Waals surface area contributed by atoms with Crippen LogP contribution in [0.3, 0.4) is 0 Å². The summed E-state index contributed by atoms with van der Waals surface area (Å²) >= 11 is 0. The van der Waals surface area contributed by atoms with Crippen molar-refractivity contribution in [1.29, 1.82) is 0 Å². The van der Waals surface area contributed by atoms with Gasteiger partial charge in [-0.3, -0.25) is 14.9 Å². The molecule has 0 radical (unpaired) electrons. The number of nitro groups is 1. The average molecular weight is 255 g/mol. The molecule has 1 aromatic rings. The van der Waals surface area contributed by atoms with Gasteiger partial charge in [0.2, 0.25) is 0 Å². The molecule has 0 spiro atoms. The van der Waals surface area contributed by atoms with Crippen molar-refractivity contribution in [3.63, 3.8) is 0 Å². The lowest BCUT2D eigenvalue weighted by molar-refractivity contribution is -0.385. The van der Waals surface area contributed by atoms with Gasteiger partial charge in [-0.25, -0.2) is 4.39 Å². The first-order valence-electron chi connectivity index (χ1n) is 5.34. The van der Waals surface area contributed by atoms with Crippen molar-refractivity contribution in [3.05, 3.63) is 39.7 Å². The standard InChI is InChI=1S/C12H14FNO4/c1-12(2,3)18-11(15)7-8-6-9(13)4-5-10(8)14(16)17/h4-6H,7H2,1-3H3. The molecule has 1 rings (SSSR count). The number of rotatable bonds is 3. The molecule has 6 heteroatoms. The summed E-state index contributed by atoms with van der Waals surface area (Å²) in [7, 11) is 0. The van der Waals surface area contributed by atoms with Gasteiger partial charge in [0, 0.05) is 11.6 Å². The molecule has 0 aliphatic carbocycles. The highest BCUT2D eigenvalue weighted by atomic mass is 19.1. The molecule has 98 valence electrons. The number of benzene rings is 1. The van der Waals surface area contributed by atoms with Gasteiger partial charge in [0.1, 0.15) is 11.4 Å². The van der Waals surface area contributed by atoms with Crippen LogP contribution in [-0.2, 0) is 16.0 Å². The van der Waals surface area contributed by atoms with Gasteiger partial charge < -0.3 is 4.74 Å². The van der Waals surface area contributed by atoms with Crippen LogP contribution in [0.25, 0.3) is 0 Å². The predicted molar refractivity (Wildman–Crippen MR) is 62.6 cm³/mol. The van der Waals surface area contributed by atoms with E-state index in [1.807, 2.05) is 0 Å². The number of halogens is 1. The van der Waals surface area contributed by atoms with Gasteiger partial charge in [0.25, 0.3) is 5.69 Å². The summed E-state index contributed by atoms with van der Waals surface area (Å²) in [6.45, 7) is 5.06. The van der Waals surface area contributed by atoms with E-state index in [2.05, 4.69) is 0 Å². The quantitative estimate of drug-likeness (QED) is 0.473. The van der Waals surface area contributed by atoms with Crippen LogP contribution in [0.2, 0.25) is 0 Å². The van der Waals surface area contributed by atoms with Gasteiger partial charge in [-0.1, -0.05) is 0 Å². The third kappa shape index (κ3) is 4.12. The summed E-state index contributed by atoms with van der Waals surface area (Å²) in [5, 5.41) is 10.7. The molecule has 0 amide bonds. The second-order valence-electron chi connectivity index (χ2n) is 4.79. The molecule has 0 N–H and O–H groups in total. The summed E-state index contributed by atoms with van der Waals surface area (Å²) in [6, 6.07) is 2.99. The lowest BCUT2D eigenvalue weighted by atomic mass is 10.1. The van der Waals surface area contributed by atoms with Crippen LogP contribution in [0.1, 0.15) is 26.3 Å². The smallest absolute Gasteiger partial charge is 0.311 e. The Morgan fingerprint density at radius 3 is 2.56 bits per heavy atom. The summed E-state index contributed by atoms with van der Waals surface area (Å²) in [6.07, 6.45) is -0.328. The average Bonchev–Trinajstić information content (AvgIpc) is 2.13. The molecule has 0 bridgehead atoms. The Bertz CT molecular complexity index is 479. The highest BCUT2D eigenvalue weighted by molar-refractivity contribution is 5.74. The fourth-order valence-electron chi connectivity index (χ4n) is 1.41. The number of ether oxygens (including phenoxy) is 1. The van der Waals surface area contributed by atoms with Crippen molar-refractivity contribution in [1.82, 2.24) is 0 Å². The Hall–Kier alpha value is -1.98. The molecule has 0 heterocycles. The van der Waals surface area contributed by atoms with Gasteiger partial charge in [-0.2, -0.15) is 0 Å². The maximum atomic E-state index is 13.0. The highest BCUT2D eigenvalue weighted by Gasteiger charge is 2.21. The fourth-order valence-corrected chi connectivity index (χ4v) is 1.41. The zero-order valence-corrected chi connectivity index (χ0v) is 10.4. The molecular formula is C12H14FNO4. The first-order chi connectivity index (χ1) is 8.19. The van der Waals surface area contributed by atoms with Crippen molar-refractivity contribution in [2.24, 2.45) is 0 Å². The monoisotopic (exact) mass is 255 g/mol. The summed E-state index contributed by atoms with van der Waals surface area (Å²) in [5.74, 6) is -1.25. The fraction of sp³-hybridized carbons (Fsp3) is 0.417. The molecule has 0 aromatic heterocycles. The number of carbonyl (C=O) groups excluding carboxylic acids is 1. The van der Waals surface area contributed by atoms with Gasteiger partial charge in [0.15, 0.2) is 0 Å². The number of esters is 1. The normalized spacial score (nSPS) is 11.1. The van der Waals surface area contributed by atoms with Crippen LogP contribution in [0.5, 0.6) is 0 Å². The number of nitrogens with zero attached hydrogens (tertiary/aromatic N) is 1. The summed E-state index contributed by atoms with van der Waals surface area (Å²) in [4.78, 5) is 21.6. The molecule has 0 aliphatic heterocycles. The predicted octanol–water partition coefficient (Wildman–Crippen LogP) is 2.62. The second-order valence-corrected chi connectivity index (χ2v) is 4.79. The zero-order chi connectivity index (χ0) is 13.9. The van der Waals surface area contributed by atoms with Gasteiger partial charge in [-0.05, 0) is 32.9 Å². The topological polar surface area (TPSA) is 69.4 Å². The van der Waals surface area contributed by atoms with E-state index in [1.54, 1.807) is 20.8 Å². The van der Waals surface area contributed by atoms with Crippen LogP contribution in [0.15, 0.2) is 18.2 Å². The number of hydrogen-bond donors (Lipinski definition) is 0. The van der Waals surface area contributed by atoms with Crippen LogP contribution >= 0.6 is 0 Å². The Balaban J connectivity index is 2.93. The number of nitro benzene ring substituents is 1. The van der Waals surface area contributed by atoms with Gasteiger partial charge in [-0.15, -0.1) is 0 Å². The Labute approximate surface area is 104 Å². The molecule has 0 saturated heterocycles.